The first kappa shape index (κ1) is 11.6. The molecule has 1 aliphatic heterocycles. The number of hydrogen-bond acceptors (Lipinski definition) is 2. The lowest BCUT2D eigenvalue weighted by Gasteiger charge is -2.29. The van der Waals surface area contributed by atoms with E-state index in [0.717, 1.165) is 24.2 Å². The molecule has 0 saturated heterocycles. The molecule has 0 aliphatic carbocycles. The fourth-order valence-electron chi connectivity index (χ4n) is 2.16. The second-order valence-corrected chi connectivity index (χ2v) is 4.32. The van der Waals surface area contributed by atoms with Gasteiger partial charge in [-0.1, -0.05) is 12.1 Å². The SMILES string of the molecule is CC(=O)Nc1cccc2c1CN(C(C)=O)CC2. The number of rotatable bonds is 1. The molecule has 4 heteroatoms. The minimum atomic E-state index is -0.0849. The maximum absolute atomic E-state index is 11.4. The highest BCUT2D eigenvalue weighted by Gasteiger charge is 2.20. The molecule has 17 heavy (non-hydrogen) atoms. The molecule has 0 aromatic heterocycles. The summed E-state index contributed by atoms with van der Waals surface area (Å²) >= 11 is 0. The zero-order valence-corrected chi connectivity index (χ0v) is 10.1. The second-order valence-electron chi connectivity index (χ2n) is 4.32. The van der Waals surface area contributed by atoms with Crippen LogP contribution in [0.15, 0.2) is 18.2 Å². The van der Waals surface area contributed by atoms with Gasteiger partial charge in [-0.05, 0) is 23.6 Å². The van der Waals surface area contributed by atoms with Gasteiger partial charge in [0.2, 0.25) is 11.8 Å². The fourth-order valence-corrected chi connectivity index (χ4v) is 2.16. The molecule has 4 nitrogen and oxygen atoms in total. The normalized spacial score (nSPS) is 14.1. The molecular weight excluding hydrogens is 216 g/mol. The first-order valence-electron chi connectivity index (χ1n) is 5.72. The van der Waals surface area contributed by atoms with E-state index < -0.39 is 0 Å². The van der Waals surface area contributed by atoms with Crippen molar-refractivity contribution >= 4 is 17.5 Å². The summed E-state index contributed by atoms with van der Waals surface area (Å²) in [6, 6.07) is 5.87. The van der Waals surface area contributed by atoms with Crippen molar-refractivity contribution in [2.45, 2.75) is 26.8 Å². The van der Waals surface area contributed by atoms with Crippen molar-refractivity contribution in [3.63, 3.8) is 0 Å². The summed E-state index contributed by atoms with van der Waals surface area (Å²) in [6.07, 6.45) is 0.850. The molecule has 1 aliphatic rings. The molecule has 0 unspecified atom stereocenters. The highest BCUT2D eigenvalue weighted by atomic mass is 16.2. The van der Waals surface area contributed by atoms with E-state index in [2.05, 4.69) is 11.4 Å². The molecule has 1 heterocycles. The van der Waals surface area contributed by atoms with Crippen molar-refractivity contribution in [3.8, 4) is 0 Å². The van der Waals surface area contributed by atoms with Crippen LogP contribution in [0.2, 0.25) is 0 Å². The average molecular weight is 232 g/mol. The molecule has 1 aromatic carbocycles. The van der Waals surface area contributed by atoms with E-state index in [9.17, 15) is 9.59 Å². The number of nitrogens with one attached hydrogen (secondary N) is 1. The van der Waals surface area contributed by atoms with Gasteiger partial charge in [0.25, 0.3) is 0 Å². The highest BCUT2D eigenvalue weighted by Crippen LogP contribution is 2.26. The van der Waals surface area contributed by atoms with Crippen molar-refractivity contribution in [2.24, 2.45) is 0 Å². The summed E-state index contributed by atoms with van der Waals surface area (Å²) in [5.74, 6) is -0.00775. The molecule has 0 saturated carbocycles. The van der Waals surface area contributed by atoms with Crippen LogP contribution in [-0.4, -0.2) is 23.3 Å². The molecule has 0 radical (unpaired) electrons. The lowest BCUT2D eigenvalue weighted by atomic mass is 9.98. The van der Waals surface area contributed by atoms with Gasteiger partial charge in [0.15, 0.2) is 0 Å². The Balaban J connectivity index is 2.32. The molecule has 2 amide bonds. The third kappa shape index (κ3) is 2.46. The Labute approximate surface area is 101 Å². The monoisotopic (exact) mass is 232 g/mol. The number of nitrogens with zero attached hydrogens (tertiary/aromatic N) is 1. The Morgan fingerprint density at radius 2 is 2.06 bits per heavy atom. The van der Waals surface area contributed by atoms with Crippen molar-refractivity contribution in [3.05, 3.63) is 29.3 Å². The summed E-state index contributed by atoms with van der Waals surface area (Å²) < 4.78 is 0. The second kappa shape index (κ2) is 4.57. The highest BCUT2D eigenvalue weighted by molar-refractivity contribution is 5.90. The third-order valence-corrected chi connectivity index (χ3v) is 3.03. The van der Waals surface area contributed by atoms with Gasteiger partial charge in [-0.15, -0.1) is 0 Å². The average Bonchev–Trinajstić information content (AvgIpc) is 2.28. The Morgan fingerprint density at radius 1 is 1.29 bits per heavy atom. The third-order valence-electron chi connectivity index (χ3n) is 3.03. The molecular formula is C13H16N2O2. The maximum atomic E-state index is 11.4. The van der Waals surface area contributed by atoms with Crippen LogP contribution in [0.5, 0.6) is 0 Å². The number of carbonyl (C=O) groups excluding carboxylic acids is 2. The molecule has 90 valence electrons. The standard InChI is InChI=1S/C13H16N2O2/c1-9(16)14-13-5-3-4-11-6-7-15(10(2)17)8-12(11)13/h3-5H,6-8H2,1-2H3,(H,14,16). The Morgan fingerprint density at radius 3 is 2.71 bits per heavy atom. The molecule has 1 aromatic rings. The quantitative estimate of drug-likeness (QED) is 0.798. The Hall–Kier alpha value is -1.84. The molecule has 0 spiro atoms. The number of benzene rings is 1. The van der Waals surface area contributed by atoms with Crippen LogP contribution in [-0.2, 0) is 22.6 Å². The van der Waals surface area contributed by atoms with Crippen LogP contribution in [0.25, 0.3) is 0 Å². The van der Waals surface area contributed by atoms with E-state index in [1.165, 1.54) is 12.5 Å². The number of anilines is 1. The first-order chi connectivity index (χ1) is 8.08. The predicted octanol–water partition coefficient (Wildman–Crippen LogP) is 1.55. The lowest BCUT2D eigenvalue weighted by molar-refractivity contribution is -0.129. The van der Waals surface area contributed by atoms with Crippen molar-refractivity contribution < 1.29 is 9.59 Å². The Bertz CT molecular complexity index is 468. The number of carbonyl (C=O) groups is 2. The van der Waals surface area contributed by atoms with E-state index in [1.807, 2.05) is 12.1 Å². The lowest BCUT2D eigenvalue weighted by Crippen LogP contribution is -2.34. The largest absolute Gasteiger partial charge is 0.338 e. The summed E-state index contributed by atoms with van der Waals surface area (Å²) in [4.78, 5) is 24.3. The maximum Gasteiger partial charge on any atom is 0.221 e. The van der Waals surface area contributed by atoms with E-state index in [4.69, 9.17) is 0 Å². The van der Waals surface area contributed by atoms with E-state index in [1.54, 1.807) is 11.8 Å². The summed E-state index contributed by atoms with van der Waals surface area (Å²) in [5.41, 5.74) is 3.10. The first-order valence-corrected chi connectivity index (χ1v) is 5.72. The summed E-state index contributed by atoms with van der Waals surface area (Å²) in [6.45, 7) is 4.41. The van der Waals surface area contributed by atoms with E-state index in [-0.39, 0.29) is 11.8 Å². The zero-order valence-electron chi connectivity index (χ0n) is 10.1. The Kier molecular flexibility index (Phi) is 3.13. The van der Waals surface area contributed by atoms with Gasteiger partial charge in [-0.2, -0.15) is 0 Å². The molecule has 1 N–H and O–H groups in total. The number of fused-ring (bicyclic) bond motifs is 1. The van der Waals surface area contributed by atoms with Gasteiger partial charge in [-0.25, -0.2) is 0 Å². The number of hydrogen-bond donors (Lipinski definition) is 1. The molecule has 2 rings (SSSR count). The van der Waals surface area contributed by atoms with Gasteiger partial charge < -0.3 is 10.2 Å². The summed E-state index contributed by atoms with van der Waals surface area (Å²) in [5, 5.41) is 2.82. The van der Waals surface area contributed by atoms with Crippen molar-refractivity contribution in [1.82, 2.24) is 4.90 Å². The minimum absolute atomic E-state index is 0.0771. The molecule has 0 atom stereocenters. The van der Waals surface area contributed by atoms with Crippen LogP contribution >= 0.6 is 0 Å². The van der Waals surface area contributed by atoms with E-state index >= 15 is 0 Å². The van der Waals surface area contributed by atoms with Gasteiger partial charge in [0.05, 0.1) is 0 Å². The summed E-state index contributed by atoms with van der Waals surface area (Å²) in [7, 11) is 0. The predicted molar refractivity (Wildman–Crippen MR) is 65.5 cm³/mol. The smallest absolute Gasteiger partial charge is 0.221 e. The topological polar surface area (TPSA) is 49.4 Å². The number of amides is 2. The molecule has 0 bridgehead atoms. The van der Waals surface area contributed by atoms with E-state index in [0.29, 0.717) is 6.54 Å². The van der Waals surface area contributed by atoms with Crippen LogP contribution in [0.1, 0.15) is 25.0 Å². The van der Waals surface area contributed by atoms with Crippen molar-refractivity contribution in [1.29, 1.82) is 0 Å². The van der Waals surface area contributed by atoms with Gasteiger partial charge in [0.1, 0.15) is 0 Å². The van der Waals surface area contributed by atoms with Crippen LogP contribution < -0.4 is 5.32 Å². The van der Waals surface area contributed by atoms with Crippen LogP contribution in [0.4, 0.5) is 5.69 Å². The van der Waals surface area contributed by atoms with Crippen LogP contribution in [0, 0.1) is 0 Å². The van der Waals surface area contributed by atoms with Gasteiger partial charge >= 0.3 is 0 Å². The molecule has 0 fully saturated rings. The van der Waals surface area contributed by atoms with Crippen molar-refractivity contribution in [2.75, 3.05) is 11.9 Å². The zero-order chi connectivity index (χ0) is 12.4. The fraction of sp³-hybridized carbons (Fsp3) is 0.385. The van der Waals surface area contributed by atoms with Gasteiger partial charge in [-0.3, -0.25) is 9.59 Å². The van der Waals surface area contributed by atoms with Gasteiger partial charge in [0, 0.05) is 32.6 Å². The minimum Gasteiger partial charge on any atom is -0.338 e. The van der Waals surface area contributed by atoms with Crippen LogP contribution in [0.3, 0.4) is 0 Å².